The first-order valence-corrected chi connectivity index (χ1v) is 10.6. The number of hydrogen-bond acceptors (Lipinski definition) is 3. The van der Waals surface area contributed by atoms with Gasteiger partial charge in [-0.2, -0.15) is 22.0 Å². The zero-order valence-corrected chi connectivity index (χ0v) is 18.5. The Morgan fingerprint density at radius 3 is 2.06 bits per heavy atom. The number of carbonyl (C=O) groups is 2. The second kappa shape index (κ2) is 11.1. The molecule has 5 nitrogen and oxygen atoms in total. The van der Waals surface area contributed by atoms with E-state index in [2.05, 4.69) is 15.4 Å². The van der Waals surface area contributed by atoms with Crippen molar-refractivity contribution < 1.29 is 40.7 Å². The zero-order chi connectivity index (χ0) is 26.3. The van der Waals surface area contributed by atoms with Crippen LogP contribution in [0.1, 0.15) is 26.3 Å². The molecule has 0 aliphatic carbocycles. The molecule has 0 saturated carbocycles. The van der Waals surface area contributed by atoms with Gasteiger partial charge in [-0.3, -0.25) is 9.59 Å². The fourth-order valence-corrected chi connectivity index (χ4v) is 3.12. The molecule has 0 spiro atoms. The van der Waals surface area contributed by atoms with Gasteiger partial charge in [-0.1, -0.05) is 42.5 Å². The third kappa shape index (κ3) is 7.00. The van der Waals surface area contributed by atoms with Crippen molar-refractivity contribution in [2.45, 2.75) is 24.9 Å². The Hall–Kier alpha value is -4.02. The lowest BCUT2D eigenvalue weighted by molar-refractivity contribution is -0.304. The number of halogens is 6. The maximum Gasteiger partial charge on any atom is 0.439 e. The topological polar surface area (TPSA) is 67.4 Å². The molecule has 3 rings (SSSR count). The molecular formula is C25H20F6N2O3. The number of alkyl halides is 6. The first-order chi connectivity index (χ1) is 17.0. The van der Waals surface area contributed by atoms with E-state index in [-0.39, 0.29) is 16.8 Å². The lowest BCUT2D eigenvalue weighted by atomic mass is 10.1. The molecule has 0 bridgehead atoms. The van der Waals surface area contributed by atoms with Crippen molar-refractivity contribution in [3.63, 3.8) is 0 Å². The van der Waals surface area contributed by atoms with Gasteiger partial charge in [-0.15, -0.1) is 0 Å². The molecule has 0 aliphatic rings. The summed E-state index contributed by atoms with van der Waals surface area (Å²) in [6.45, 7) is 0.352. The number of para-hydroxylation sites is 1. The van der Waals surface area contributed by atoms with E-state index >= 15 is 0 Å². The smallest absolute Gasteiger partial charge is 0.430 e. The molecule has 2 N–H and O–H groups in total. The second-order valence-electron chi connectivity index (χ2n) is 7.58. The van der Waals surface area contributed by atoms with Crippen molar-refractivity contribution in [1.82, 2.24) is 5.32 Å². The maximum absolute atomic E-state index is 13.4. The van der Waals surface area contributed by atoms with E-state index in [1.807, 2.05) is 30.3 Å². The lowest BCUT2D eigenvalue weighted by Gasteiger charge is -2.23. The molecule has 36 heavy (non-hydrogen) atoms. The molecule has 2 amide bonds. The summed E-state index contributed by atoms with van der Waals surface area (Å²) in [5.74, 6) is -1.93. The number of rotatable bonds is 9. The van der Waals surface area contributed by atoms with E-state index < -0.39 is 36.0 Å². The average molecular weight is 510 g/mol. The summed E-state index contributed by atoms with van der Waals surface area (Å²) < 4.78 is 80.4. The van der Waals surface area contributed by atoms with Crippen LogP contribution in [0.3, 0.4) is 0 Å². The minimum Gasteiger partial charge on any atom is -0.430 e. The zero-order valence-electron chi connectivity index (χ0n) is 18.5. The van der Waals surface area contributed by atoms with E-state index in [1.165, 1.54) is 12.1 Å². The van der Waals surface area contributed by atoms with Gasteiger partial charge < -0.3 is 15.4 Å². The molecule has 190 valence electrons. The van der Waals surface area contributed by atoms with E-state index in [1.54, 1.807) is 12.1 Å². The minimum absolute atomic E-state index is 0.0717. The number of hydrogen-bond donors (Lipinski definition) is 2. The first kappa shape index (κ1) is 26.6. The summed E-state index contributed by atoms with van der Waals surface area (Å²) in [5, 5.41) is 5.29. The molecule has 0 saturated heterocycles. The number of carbonyl (C=O) groups excluding carboxylic acids is 2. The van der Waals surface area contributed by atoms with Crippen LogP contribution in [0, 0.1) is 0 Å². The molecule has 1 atom stereocenters. The summed E-state index contributed by atoms with van der Waals surface area (Å²) in [7, 11) is 0. The van der Waals surface area contributed by atoms with Gasteiger partial charge in [0, 0.05) is 12.1 Å². The third-order valence-electron chi connectivity index (χ3n) is 4.91. The van der Waals surface area contributed by atoms with Gasteiger partial charge in [0.1, 0.15) is 5.75 Å². The average Bonchev–Trinajstić information content (AvgIpc) is 2.84. The van der Waals surface area contributed by atoms with Crippen LogP contribution in [0.4, 0.5) is 32.0 Å². The Bertz CT molecular complexity index is 1180. The molecule has 3 aromatic carbocycles. The number of anilines is 1. The quantitative estimate of drug-likeness (QED) is 0.359. The summed E-state index contributed by atoms with van der Waals surface area (Å²) in [6.07, 6.45) is -14.9. The van der Waals surface area contributed by atoms with Crippen molar-refractivity contribution in [1.29, 1.82) is 0 Å². The van der Waals surface area contributed by atoms with Gasteiger partial charge >= 0.3 is 12.3 Å². The van der Waals surface area contributed by atoms with Crippen molar-refractivity contribution in [3.05, 3.63) is 95.6 Å². The van der Waals surface area contributed by atoms with Gasteiger partial charge in [0.2, 0.25) is 0 Å². The summed E-state index contributed by atoms with van der Waals surface area (Å²) in [5.41, 5.74) is 1.32. The molecule has 11 heteroatoms. The van der Waals surface area contributed by atoms with Crippen LogP contribution in [-0.4, -0.2) is 36.8 Å². The highest BCUT2D eigenvalue weighted by Gasteiger charge is 2.59. The normalized spacial score (nSPS) is 12.5. The molecular weight excluding hydrogens is 490 g/mol. The molecule has 3 aromatic rings. The molecule has 0 heterocycles. The standard InChI is InChI=1S/C25H20F6N2O3/c26-23(24(27,28)29)25(30,31)36-18-12-10-17(11-13-18)21(34)33-20-9-5-4-8-19(20)22(35)32-15-14-16-6-2-1-3-7-16/h1-13,23H,14-15H2,(H,32,35)(H,33,34)/t23-/m1/s1. The molecule has 0 aliphatic heterocycles. The van der Waals surface area contributed by atoms with E-state index in [0.717, 1.165) is 29.8 Å². The van der Waals surface area contributed by atoms with Crippen LogP contribution in [0.2, 0.25) is 0 Å². The van der Waals surface area contributed by atoms with E-state index in [9.17, 15) is 35.9 Å². The largest absolute Gasteiger partial charge is 0.439 e. The Morgan fingerprint density at radius 1 is 0.806 bits per heavy atom. The highest BCUT2D eigenvalue weighted by atomic mass is 19.4. The van der Waals surface area contributed by atoms with Crippen LogP contribution < -0.4 is 15.4 Å². The predicted octanol–water partition coefficient (Wildman–Crippen LogP) is 5.78. The Morgan fingerprint density at radius 2 is 1.42 bits per heavy atom. The predicted molar refractivity (Wildman–Crippen MR) is 120 cm³/mol. The van der Waals surface area contributed by atoms with E-state index in [4.69, 9.17) is 0 Å². The summed E-state index contributed by atoms with van der Waals surface area (Å²) >= 11 is 0. The number of ether oxygens (including phenoxy) is 1. The van der Waals surface area contributed by atoms with Crippen molar-refractivity contribution in [3.8, 4) is 5.75 Å². The van der Waals surface area contributed by atoms with Gasteiger partial charge in [-0.25, -0.2) is 4.39 Å². The summed E-state index contributed by atoms with van der Waals surface area (Å²) in [4.78, 5) is 25.2. The Balaban J connectivity index is 1.63. The van der Waals surface area contributed by atoms with Crippen molar-refractivity contribution >= 4 is 17.5 Å². The molecule has 0 fully saturated rings. The van der Waals surface area contributed by atoms with E-state index in [0.29, 0.717) is 13.0 Å². The molecule has 0 aromatic heterocycles. The minimum atomic E-state index is -5.81. The third-order valence-corrected chi connectivity index (χ3v) is 4.91. The number of benzene rings is 3. The highest BCUT2D eigenvalue weighted by molar-refractivity contribution is 6.09. The number of nitrogens with one attached hydrogen (secondary N) is 2. The molecule has 0 radical (unpaired) electrons. The SMILES string of the molecule is O=C(Nc1ccccc1C(=O)NCCc1ccccc1)c1ccc(OC(F)(F)[C@H](F)C(F)(F)F)cc1. The molecule has 0 unspecified atom stereocenters. The van der Waals surface area contributed by atoms with Crippen LogP contribution in [-0.2, 0) is 6.42 Å². The fourth-order valence-electron chi connectivity index (χ4n) is 3.12. The second-order valence-corrected chi connectivity index (χ2v) is 7.58. The Labute approximate surface area is 202 Å². The Kier molecular flexibility index (Phi) is 8.23. The number of amides is 2. The van der Waals surface area contributed by atoms with Crippen LogP contribution in [0.25, 0.3) is 0 Å². The van der Waals surface area contributed by atoms with Gasteiger partial charge in [-0.05, 0) is 48.4 Å². The summed E-state index contributed by atoms with van der Waals surface area (Å²) in [6, 6.07) is 19.3. The maximum atomic E-state index is 13.4. The monoisotopic (exact) mass is 510 g/mol. The van der Waals surface area contributed by atoms with Gasteiger partial charge in [0.25, 0.3) is 18.0 Å². The van der Waals surface area contributed by atoms with Gasteiger partial charge in [0.05, 0.1) is 11.3 Å². The fraction of sp³-hybridized carbons (Fsp3) is 0.200. The van der Waals surface area contributed by atoms with Crippen LogP contribution in [0.5, 0.6) is 5.75 Å². The van der Waals surface area contributed by atoms with Crippen molar-refractivity contribution in [2.24, 2.45) is 0 Å². The van der Waals surface area contributed by atoms with Gasteiger partial charge in [0.15, 0.2) is 0 Å². The highest BCUT2D eigenvalue weighted by Crippen LogP contribution is 2.36. The first-order valence-electron chi connectivity index (χ1n) is 10.6. The lowest BCUT2D eigenvalue weighted by Crippen LogP contribution is -2.45. The van der Waals surface area contributed by atoms with Crippen molar-refractivity contribution in [2.75, 3.05) is 11.9 Å². The van der Waals surface area contributed by atoms with Crippen LogP contribution >= 0.6 is 0 Å². The van der Waals surface area contributed by atoms with Crippen LogP contribution in [0.15, 0.2) is 78.9 Å².